The number of aryl methyl sites for hydroxylation is 3. The maximum atomic E-state index is 11.8. The summed E-state index contributed by atoms with van der Waals surface area (Å²) in [6, 6.07) is 17.7. The summed E-state index contributed by atoms with van der Waals surface area (Å²) in [6.07, 6.45) is 7.30. The fourth-order valence-electron chi connectivity index (χ4n) is 5.79. The van der Waals surface area contributed by atoms with Crippen molar-refractivity contribution in [2.24, 2.45) is 0 Å². The zero-order valence-corrected chi connectivity index (χ0v) is 25.1. The third kappa shape index (κ3) is 6.97. The maximum Gasteiger partial charge on any atom is 0.310 e. The fourth-order valence-corrected chi connectivity index (χ4v) is 5.79. The van der Waals surface area contributed by atoms with E-state index in [-0.39, 0.29) is 17.8 Å². The molecule has 4 nitrogen and oxygen atoms in total. The smallest absolute Gasteiger partial charge is 0.310 e. The number of aliphatic hydroxyl groups is 1. The molecule has 0 radical (unpaired) electrons. The number of esters is 1. The van der Waals surface area contributed by atoms with Crippen LogP contribution in [0.3, 0.4) is 0 Å². The van der Waals surface area contributed by atoms with E-state index in [1.807, 2.05) is 19.1 Å². The summed E-state index contributed by atoms with van der Waals surface area (Å²) < 4.78 is 5.05. The molecular formula is C35H47NO3. The Kier molecular flexibility index (Phi) is 10.5. The fraction of sp³-hybridized carbons (Fsp3) is 0.486. The van der Waals surface area contributed by atoms with Crippen molar-refractivity contribution in [3.05, 3.63) is 88.1 Å². The molecule has 1 N–H and O–H groups in total. The molecule has 0 aliphatic carbocycles. The number of benzene rings is 2. The Morgan fingerprint density at radius 1 is 0.846 bits per heavy atom. The van der Waals surface area contributed by atoms with Crippen molar-refractivity contribution in [3.8, 4) is 11.3 Å². The van der Waals surface area contributed by atoms with E-state index in [1.165, 1.54) is 27.8 Å². The second-order valence-corrected chi connectivity index (χ2v) is 10.9. The molecule has 2 aromatic carbocycles. The molecule has 0 aliphatic heterocycles. The van der Waals surface area contributed by atoms with Crippen LogP contribution in [0.1, 0.15) is 100 Å². The SMILES string of the molecule is CCOC(=O)Cc1ccc(-c2ccc(C(CC)(CC)c3ccc(CCC(O)(CC)CC)c(C)c3)cc2C)nc1. The lowest BCUT2D eigenvalue weighted by molar-refractivity contribution is -0.142. The normalized spacial score (nSPS) is 12.0. The first kappa shape index (κ1) is 30.6. The Morgan fingerprint density at radius 2 is 1.49 bits per heavy atom. The van der Waals surface area contributed by atoms with Crippen molar-refractivity contribution in [1.82, 2.24) is 4.98 Å². The highest BCUT2D eigenvalue weighted by molar-refractivity contribution is 5.73. The molecule has 0 aliphatic rings. The van der Waals surface area contributed by atoms with Gasteiger partial charge in [0.2, 0.25) is 0 Å². The van der Waals surface area contributed by atoms with Gasteiger partial charge in [0.1, 0.15) is 0 Å². The Hall–Kier alpha value is -2.98. The molecule has 0 saturated carbocycles. The molecular weight excluding hydrogens is 482 g/mol. The zero-order valence-electron chi connectivity index (χ0n) is 25.1. The molecule has 0 spiro atoms. The number of carbonyl (C=O) groups excluding carboxylic acids is 1. The molecule has 3 aromatic rings. The van der Waals surface area contributed by atoms with Crippen LogP contribution in [0.4, 0.5) is 0 Å². The maximum absolute atomic E-state index is 11.8. The second kappa shape index (κ2) is 13.4. The summed E-state index contributed by atoms with van der Waals surface area (Å²) in [5.74, 6) is -0.227. The van der Waals surface area contributed by atoms with Crippen molar-refractivity contribution < 1.29 is 14.6 Å². The van der Waals surface area contributed by atoms with E-state index in [2.05, 4.69) is 82.9 Å². The van der Waals surface area contributed by atoms with Crippen LogP contribution in [0, 0.1) is 13.8 Å². The highest BCUT2D eigenvalue weighted by atomic mass is 16.5. The summed E-state index contributed by atoms with van der Waals surface area (Å²) in [5, 5.41) is 10.8. The Balaban J connectivity index is 1.88. The minimum absolute atomic E-state index is 0.0723. The first-order valence-electron chi connectivity index (χ1n) is 14.7. The molecule has 210 valence electrons. The molecule has 0 atom stereocenters. The van der Waals surface area contributed by atoms with Crippen LogP contribution in [0.5, 0.6) is 0 Å². The number of rotatable bonds is 13. The van der Waals surface area contributed by atoms with E-state index in [1.54, 1.807) is 6.20 Å². The van der Waals surface area contributed by atoms with Gasteiger partial charge < -0.3 is 9.84 Å². The van der Waals surface area contributed by atoms with Crippen molar-refractivity contribution in [2.45, 2.75) is 104 Å². The summed E-state index contributed by atoms with van der Waals surface area (Å²) in [5.41, 5.74) is 8.71. The number of carbonyl (C=O) groups is 1. The van der Waals surface area contributed by atoms with E-state index in [0.717, 1.165) is 55.3 Å². The van der Waals surface area contributed by atoms with Gasteiger partial charge in [-0.3, -0.25) is 9.78 Å². The van der Waals surface area contributed by atoms with E-state index < -0.39 is 5.60 Å². The predicted molar refractivity (Wildman–Crippen MR) is 161 cm³/mol. The lowest BCUT2D eigenvalue weighted by Gasteiger charge is -2.34. The molecule has 3 rings (SSSR count). The molecule has 39 heavy (non-hydrogen) atoms. The number of hydrogen-bond donors (Lipinski definition) is 1. The van der Waals surface area contributed by atoms with Crippen LogP contribution in [0.25, 0.3) is 11.3 Å². The minimum Gasteiger partial charge on any atom is -0.466 e. The molecule has 0 fully saturated rings. The monoisotopic (exact) mass is 529 g/mol. The van der Waals surface area contributed by atoms with Crippen LogP contribution in [-0.4, -0.2) is 28.3 Å². The van der Waals surface area contributed by atoms with Gasteiger partial charge in [-0.15, -0.1) is 0 Å². The van der Waals surface area contributed by atoms with Gasteiger partial charge in [0.25, 0.3) is 0 Å². The highest BCUT2D eigenvalue weighted by Gasteiger charge is 2.31. The molecule has 0 saturated heterocycles. The van der Waals surface area contributed by atoms with Gasteiger partial charge in [-0.2, -0.15) is 0 Å². The number of nitrogens with zero attached hydrogens (tertiary/aromatic N) is 1. The van der Waals surface area contributed by atoms with Crippen molar-refractivity contribution in [2.75, 3.05) is 6.61 Å². The molecule has 4 heteroatoms. The topological polar surface area (TPSA) is 59.4 Å². The summed E-state index contributed by atoms with van der Waals surface area (Å²) >= 11 is 0. The van der Waals surface area contributed by atoms with E-state index >= 15 is 0 Å². The lowest BCUT2D eigenvalue weighted by Crippen LogP contribution is -2.28. The quantitative estimate of drug-likeness (QED) is 0.228. The number of pyridine rings is 1. The third-order valence-electron chi connectivity index (χ3n) is 8.81. The molecule has 0 bridgehead atoms. The average Bonchev–Trinajstić information content (AvgIpc) is 2.94. The Morgan fingerprint density at radius 3 is 2.00 bits per heavy atom. The van der Waals surface area contributed by atoms with Gasteiger partial charge in [0.15, 0.2) is 0 Å². The van der Waals surface area contributed by atoms with Gasteiger partial charge in [0.05, 0.1) is 24.3 Å². The van der Waals surface area contributed by atoms with Crippen molar-refractivity contribution >= 4 is 5.97 Å². The van der Waals surface area contributed by atoms with E-state index in [0.29, 0.717) is 6.61 Å². The molecule has 0 amide bonds. The van der Waals surface area contributed by atoms with Gasteiger partial charge in [0, 0.05) is 17.2 Å². The Labute approximate surface area is 235 Å². The first-order valence-corrected chi connectivity index (χ1v) is 14.7. The van der Waals surface area contributed by atoms with Crippen LogP contribution >= 0.6 is 0 Å². The van der Waals surface area contributed by atoms with Gasteiger partial charge in [-0.1, -0.05) is 70.2 Å². The molecule has 0 unspecified atom stereocenters. The van der Waals surface area contributed by atoms with Crippen LogP contribution in [-0.2, 0) is 27.8 Å². The molecule has 1 aromatic heterocycles. The Bertz CT molecular complexity index is 1240. The van der Waals surface area contributed by atoms with E-state index in [9.17, 15) is 9.90 Å². The van der Waals surface area contributed by atoms with Gasteiger partial charge in [-0.25, -0.2) is 0 Å². The van der Waals surface area contributed by atoms with Crippen LogP contribution in [0.2, 0.25) is 0 Å². The predicted octanol–water partition coefficient (Wildman–Crippen LogP) is 8.06. The first-order chi connectivity index (χ1) is 18.6. The largest absolute Gasteiger partial charge is 0.466 e. The summed E-state index contributed by atoms with van der Waals surface area (Å²) in [7, 11) is 0. The zero-order chi connectivity index (χ0) is 28.6. The summed E-state index contributed by atoms with van der Waals surface area (Å²) in [4.78, 5) is 16.5. The minimum atomic E-state index is -0.572. The van der Waals surface area contributed by atoms with Gasteiger partial charge >= 0.3 is 5.97 Å². The third-order valence-corrected chi connectivity index (χ3v) is 8.81. The van der Waals surface area contributed by atoms with Crippen LogP contribution in [0.15, 0.2) is 54.7 Å². The molecule has 1 heterocycles. The number of ether oxygens (including phenoxy) is 1. The van der Waals surface area contributed by atoms with Gasteiger partial charge in [-0.05, 0) is 98.7 Å². The lowest BCUT2D eigenvalue weighted by atomic mass is 9.69. The van der Waals surface area contributed by atoms with Crippen molar-refractivity contribution in [3.63, 3.8) is 0 Å². The van der Waals surface area contributed by atoms with Crippen LogP contribution < -0.4 is 0 Å². The van der Waals surface area contributed by atoms with Crippen molar-refractivity contribution in [1.29, 1.82) is 0 Å². The average molecular weight is 530 g/mol. The number of hydrogen-bond acceptors (Lipinski definition) is 4. The highest BCUT2D eigenvalue weighted by Crippen LogP contribution is 2.41. The summed E-state index contributed by atoms with van der Waals surface area (Å²) in [6.45, 7) is 15.3. The standard InChI is InChI=1S/C35H47NO3/c1-8-34(38,9-2)20-19-28-14-15-29(21-25(28)6)35(10-3,11-4)30-16-17-31(26(7)22-30)32-18-13-27(24-36-32)23-33(37)39-12-5/h13-18,21-22,24,38H,8-12,19-20,23H2,1-7H3. The number of aromatic nitrogens is 1. The van der Waals surface area contributed by atoms with E-state index in [4.69, 9.17) is 4.74 Å². The second-order valence-electron chi connectivity index (χ2n) is 10.9.